The van der Waals surface area contributed by atoms with E-state index in [1.807, 2.05) is 94.1 Å². The summed E-state index contributed by atoms with van der Waals surface area (Å²) in [7, 11) is 1.61. The van der Waals surface area contributed by atoms with E-state index in [0.29, 0.717) is 35.8 Å². The molecule has 7 nitrogen and oxygen atoms in total. The molecule has 5 rings (SSSR count). The molecule has 4 aromatic carbocycles. The van der Waals surface area contributed by atoms with Crippen molar-refractivity contribution in [3.63, 3.8) is 0 Å². The summed E-state index contributed by atoms with van der Waals surface area (Å²) in [5.74, 6) is -0.323. The SMILES string of the molecule is CC.CCNc1cc(C)c(/C(C(=O)NC)=C(\C)c2ccc(F)cc2)cc1-c1cccc(C(=O)N2CCC(c3cccc(Cl)c3)C2)c1.O=S=O. The molecule has 2 N–H and O–H groups in total. The number of rotatable bonds is 8. The molecular weight excluding hydrogens is 661 g/mol. The Morgan fingerprint density at radius 1 is 0.959 bits per heavy atom. The van der Waals surface area contributed by atoms with Crippen molar-refractivity contribution in [2.24, 2.45) is 0 Å². The summed E-state index contributed by atoms with van der Waals surface area (Å²) in [6, 6.07) is 25.8. The van der Waals surface area contributed by atoms with Crippen molar-refractivity contribution in [2.45, 2.75) is 47.0 Å². The van der Waals surface area contributed by atoms with Gasteiger partial charge in [0.2, 0.25) is 0 Å². The molecule has 1 saturated heterocycles. The van der Waals surface area contributed by atoms with E-state index < -0.39 is 11.6 Å². The molecule has 0 bridgehead atoms. The maximum absolute atomic E-state index is 13.7. The number of benzene rings is 4. The Morgan fingerprint density at radius 3 is 2.27 bits per heavy atom. The van der Waals surface area contributed by atoms with Gasteiger partial charge in [0.25, 0.3) is 11.8 Å². The number of aryl methyl sites for hydroxylation is 1. The third kappa shape index (κ3) is 9.74. The molecule has 2 amide bonds. The van der Waals surface area contributed by atoms with Crippen LogP contribution in [0.3, 0.4) is 0 Å². The monoisotopic (exact) mass is 703 g/mol. The number of likely N-dealkylation sites (N-methyl/N-ethyl adjacent to an activating group) is 1. The molecule has 1 atom stereocenters. The fourth-order valence-electron chi connectivity index (χ4n) is 6.00. The summed E-state index contributed by atoms with van der Waals surface area (Å²) < 4.78 is 30.3. The van der Waals surface area contributed by atoms with Crippen LogP contribution in [0.15, 0.2) is 84.9 Å². The van der Waals surface area contributed by atoms with E-state index in [4.69, 9.17) is 20.0 Å². The summed E-state index contributed by atoms with van der Waals surface area (Å²) in [4.78, 5) is 28.9. The molecule has 10 heteroatoms. The lowest BCUT2D eigenvalue weighted by Crippen LogP contribution is -2.28. The number of carbonyl (C=O) groups excluding carboxylic acids is 2. The minimum absolute atomic E-state index is 0.00758. The van der Waals surface area contributed by atoms with Gasteiger partial charge in [0.05, 0.1) is 5.57 Å². The predicted molar refractivity (Wildman–Crippen MR) is 199 cm³/mol. The lowest BCUT2D eigenvalue weighted by atomic mass is 9.88. The van der Waals surface area contributed by atoms with Crippen molar-refractivity contribution in [3.8, 4) is 11.1 Å². The molecule has 1 fully saturated rings. The van der Waals surface area contributed by atoms with E-state index >= 15 is 0 Å². The molecule has 1 aliphatic rings. The first-order valence-corrected chi connectivity index (χ1v) is 17.3. The van der Waals surface area contributed by atoms with Crippen LogP contribution in [-0.4, -0.2) is 51.8 Å². The summed E-state index contributed by atoms with van der Waals surface area (Å²) in [6.07, 6.45) is 0.889. The summed E-state index contributed by atoms with van der Waals surface area (Å²) in [6.45, 7) is 11.9. The van der Waals surface area contributed by atoms with E-state index in [0.717, 1.165) is 51.1 Å². The van der Waals surface area contributed by atoms with Crippen LogP contribution in [0.5, 0.6) is 0 Å². The van der Waals surface area contributed by atoms with Gasteiger partial charge in [0, 0.05) is 54.4 Å². The van der Waals surface area contributed by atoms with Gasteiger partial charge in [-0.25, -0.2) is 4.39 Å². The number of halogens is 2. The summed E-state index contributed by atoms with van der Waals surface area (Å²) in [5, 5.41) is 6.95. The number of anilines is 1. The fourth-order valence-corrected chi connectivity index (χ4v) is 6.20. The van der Waals surface area contributed by atoms with Crippen LogP contribution >= 0.6 is 11.6 Å². The molecular formula is C39H43ClFN3O4S. The lowest BCUT2D eigenvalue weighted by molar-refractivity contribution is -0.115. The van der Waals surface area contributed by atoms with Crippen LogP contribution in [0.1, 0.15) is 72.6 Å². The molecule has 1 heterocycles. The lowest BCUT2D eigenvalue weighted by Gasteiger charge is -2.20. The molecule has 0 radical (unpaired) electrons. The second kappa shape index (κ2) is 18.8. The minimum atomic E-state index is -0.750. The van der Waals surface area contributed by atoms with Gasteiger partial charge in [0.15, 0.2) is 0 Å². The first kappa shape index (κ1) is 38.8. The van der Waals surface area contributed by atoms with Crippen molar-refractivity contribution >= 4 is 51.8 Å². The molecule has 0 spiro atoms. The Bertz CT molecular complexity index is 1840. The predicted octanol–water partition coefficient (Wildman–Crippen LogP) is 8.55. The van der Waals surface area contributed by atoms with Gasteiger partial charge in [-0.3, -0.25) is 9.59 Å². The van der Waals surface area contributed by atoms with E-state index in [2.05, 4.69) is 16.7 Å². The van der Waals surface area contributed by atoms with E-state index in [1.165, 1.54) is 12.1 Å². The van der Waals surface area contributed by atoms with Crippen LogP contribution < -0.4 is 10.6 Å². The summed E-state index contributed by atoms with van der Waals surface area (Å²) >= 11 is 5.47. The number of allylic oxidation sites excluding steroid dienone is 1. The zero-order valence-corrected chi connectivity index (χ0v) is 30.3. The zero-order chi connectivity index (χ0) is 36.1. The van der Waals surface area contributed by atoms with Crippen molar-refractivity contribution in [1.82, 2.24) is 10.2 Å². The molecule has 1 unspecified atom stereocenters. The highest BCUT2D eigenvalue weighted by atomic mass is 35.5. The average molecular weight is 704 g/mol. The molecule has 0 aliphatic carbocycles. The molecule has 4 aromatic rings. The second-order valence-corrected chi connectivity index (χ2v) is 11.8. The maximum Gasteiger partial charge on any atom is 0.335 e. The Morgan fingerprint density at radius 2 is 1.63 bits per heavy atom. The third-order valence-electron chi connectivity index (χ3n) is 8.32. The van der Waals surface area contributed by atoms with Gasteiger partial charge in [-0.2, -0.15) is 8.42 Å². The van der Waals surface area contributed by atoms with Gasteiger partial charge in [-0.1, -0.05) is 61.8 Å². The standard InChI is InChI=1S/C37H37ClFN3O2.C2H6.O2S/c1-5-41-34-18-23(2)32(35(36(43)40-4)24(3)25-12-14-31(39)15-13-25)21-33(34)27-9-6-10-28(19-27)37(44)42-17-16-29(22-42)26-8-7-11-30(38)20-26;1-2;1-3-2/h6-15,18-21,29,41H,5,16-17,22H2,1-4H3,(H,40,43);1-2H3;/b35-24-;;. The largest absolute Gasteiger partial charge is 0.385 e. The third-order valence-corrected chi connectivity index (χ3v) is 8.56. The number of hydrogen-bond acceptors (Lipinski definition) is 5. The van der Waals surface area contributed by atoms with Crippen molar-refractivity contribution in [2.75, 3.05) is 32.0 Å². The Labute approximate surface area is 297 Å². The normalized spacial score (nSPS) is 14.0. The highest BCUT2D eigenvalue weighted by Gasteiger charge is 2.28. The van der Waals surface area contributed by atoms with Gasteiger partial charge >= 0.3 is 11.6 Å². The van der Waals surface area contributed by atoms with Crippen LogP contribution in [0.25, 0.3) is 22.3 Å². The number of nitrogens with zero attached hydrogens (tertiary/aromatic N) is 1. The quantitative estimate of drug-likeness (QED) is 0.142. The Balaban J connectivity index is 0.00000123. The number of carbonyl (C=O) groups is 2. The number of nitrogens with one attached hydrogen (secondary N) is 2. The fraction of sp³-hybridized carbons (Fsp3) is 0.282. The smallest absolute Gasteiger partial charge is 0.335 e. The van der Waals surface area contributed by atoms with E-state index in [1.54, 1.807) is 19.2 Å². The first-order valence-electron chi connectivity index (χ1n) is 16.3. The highest BCUT2D eigenvalue weighted by Crippen LogP contribution is 2.37. The number of amides is 2. The summed E-state index contributed by atoms with van der Waals surface area (Å²) in [5.41, 5.74) is 8.13. The topological polar surface area (TPSA) is 95.6 Å². The van der Waals surface area contributed by atoms with Crippen LogP contribution in [0, 0.1) is 12.7 Å². The van der Waals surface area contributed by atoms with Gasteiger partial charge < -0.3 is 15.5 Å². The van der Waals surface area contributed by atoms with Crippen molar-refractivity contribution in [3.05, 3.63) is 124 Å². The molecule has 0 saturated carbocycles. The minimum Gasteiger partial charge on any atom is -0.385 e. The first-order chi connectivity index (χ1) is 23.6. The number of hydrogen-bond donors (Lipinski definition) is 2. The maximum atomic E-state index is 13.7. The van der Waals surface area contributed by atoms with Gasteiger partial charge in [-0.15, -0.1) is 0 Å². The van der Waals surface area contributed by atoms with E-state index in [-0.39, 0.29) is 23.5 Å². The van der Waals surface area contributed by atoms with Crippen LogP contribution in [0.4, 0.5) is 10.1 Å². The van der Waals surface area contributed by atoms with Crippen molar-refractivity contribution < 1.29 is 22.4 Å². The Hall–Kier alpha value is -4.60. The number of likely N-dealkylation sites (tertiary alicyclic amines) is 1. The van der Waals surface area contributed by atoms with Gasteiger partial charge in [-0.05, 0) is 109 Å². The molecule has 49 heavy (non-hydrogen) atoms. The highest BCUT2D eigenvalue weighted by molar-refractivity contribution is 7.51. The average Bonchev–Trinajstić information content (AvgIpc) is 3.61. The second-order valence-electron chi connectivity index (χ2n) is 11.3. The van der Waals surface area contributed by atoms with Crippen LogP contribution in [-0.2, 0) is 16.4 Å². The van der Waals surface area contributed by atoms with E-state index in [9.17, 15) is 14.0 Å². The molecule has 1 aliphatic heterocycles. The Kier molecular flexibility index (Phi) is 14.9. The molecule has 0 aromatic heterocycles. The van der Waals surface area contributed by atoms with Gasteiger partial charge in [0.1, 0.15) is 5.82 Å². The van der Waals surface area contributed by atoms with Crippen molar-refractivity contribution in [1.29, 1.82) is 0 Å². The molecule has 258 valence electrons. The zero-order valence-electron chi connectivity index (χ0n) is 28.7. The van der Waals surface area contributed by atoms with Crippen LogP contribution in [0.2, 0.25) is 5.02 Å².